The van der Waals surface area contributed by atoms with Gasteiger partial charge in [-0.05, 0) is 44.0 Å². The molecule has 0 aliphatic carbocycles. The highest BCUT2D eigenvalue weighted by atomic mass is 16.5. The third-order valence-electron chi connectivity index (χ3n) is 4.74. The van der Waals surface area contributed by atoms with Gasteiger partial charge in [0.2, 0.25) is 0 Å². The van der Waals surface area contributed by atoms with Crippen LogP contribution in [0.1, 0.15) is 40.7 Å². The Balaban J connectivity index is 1.74. The lowest BCUT2D eigenvalue weighted by Crippen LogP contribution is -2.18. The van der Waals surface area contributed by atoms with Crippen molar-refractivity contribution in [2.24, 2.45) is 0 Å². The SMILES string of the molecule is Cc1c(NC(=O)c2ccco2)c(C2CCOCC2)nn1-c1ccccc1. The van der Waals surface area contributed by atoms with Gasteiger partial charge in [-0.15, -0.1) is 0 Å². The monoisotopic (exact) mass is 351 g/mol. The van der Waals surface area contributed by atoms with Crippen LogP contribution in [0.5, 0.6) is 0 Å². The summed E-state index contributed by atoms with van der Waals surface area (Å²) in [6, 6.07) is 13.3. The van der Waals surface area contributed by atoms with E-state index in [4.69, 9.17) is 14.3 Å². The summed E-state index contributed by atoms with van der Waals surface area (Å²) in [5.41, 5.74) is 3.55. The van der Waals surface area contributed by atoms with E-state index in [0.29, 0.717) is 13.2 Å². The van der Waals surface area contributed by atoms with Crippen molar-refractivity contribution >= 4 is 11.6 Å². The number of anilines is 1. The van der Waals surface area contributed by atoms with E-state index in [1.165, 1.54) is 6.26 Å². The molecule has 1 aromatic carbocycles. The van der Waals surface area contributed by atoms with Crippen LogP contribution in [0.4, 0.5) is 5.69 Å². The standard InChI is InChI=1S/C20H21N3O3/c1-14-18(21-20(24)17-8-5-11-26-17)19(15-9-12-25-13-10-15)22-23(14)16-6-3-2-4-7-16/h2-8,11,15H,9-10,12-13H2,1H3,(H,21,24). The van der Waals surface area contributed by atoms with Crippen molar-refractivity contribution in [1.82, 2.24) is 9.78 Å². The number of carbonyl (C=O) groups excluding carboxylic acids is 1. The number of nitrogens with one attached hydrogen (secondary N) is 1. The average molecular weight is 351 g/mol. The van der Waals surface area contributed by atoms with E-state index in [-0.39, 0.29) is 17.6 Å². The zero-order valence-corrected chi connectivity index (χ0v) is 14.6. The maximum atomic E-state index is 12.5. The normalized spacial score (nSPS) is 15.1. The van der Waals surface area contributed by atoms with E-state index >= 15 is 0 Å². The topological polar surface area (TPSA) is 69.3 Å². The predicted molar refractivity (Wildman–Crippen MR) is 97.8 cm³/mol. The Bertz CT molecular complexity index is 879. The zero-order valence-electron chi connectivity index (χ0n) is 14.6. The van der Waals surface area contributed by atoms with Crippen LogP contribution in [0, 0.1) is 6.92 Å². The van der Waals surface area contributed by atoms with Gasteiger partial charge in [0.25, 0.3) is 5.91 Å². The molecule has 0 spiro atoms. The molecule has 26 heavy (non-hydrogen) atoms. The number of aromatic nitrogens is 2. The quantitative estimate of drug-likeness (QED) is 0.773. The van der Waals surface area contributed by atoms with Gasteiger partial charge in [-0.2, -0.15) is 5.10 Å². The van der Waals surface area contributed by atoms with Crippen LogP contribution in [0.2, 0.25) is 0 Å². The number of nitrogens with zero attached hydrogens (tertiary/aromatic N) is 2. The van der Waals surface area contributed by atoms with Crippen molar-refractivity contribution in [3.05, 3.63) is 65.9 Å². The van der Waals surface area contributed by atoms with Crippen molar-refractivity contribution in [3.8, 4) is 5.69 Å². The fraction of sp³-hybridized carbons (Fsp3) is 0.300. The second-order valence-electron chi connectivity index (χ2n) is 6.41. The van der Waals surface area contributed by atoms with Gasteiger partial charge in [-0.1, -0.05) is 18.2 Å². The lowest BCUT2D eigenvalue weighted by atomic mass is 9.95. The molecule has 3 aromatic rings. The highest BCUT2D eigenvalue weighted by Gasteiger charge is 2.27. The van der Waals surface area contributed by atoms with E-state index in [1.54, 1.807) is 12.1 Å². The molecule has 1 amide bonds. The van der Waals surface area contributed by atoms with Crippen LogP contribution in [0.3, 0.4) is 0 Å². The highest BCUT2D eigenvalue weighted by molar-refractivity contribution is 6.03. The Labute approximate surface area is 151 Å². The van der Waals surface area contributed by atoms with Crippen LogP contribution in [-0.2, 0) is 4.74 Å². The molecule has 1 saturated heterocycles. The second kappa shape index (κ2) is 7.17. The molecule has 1 N–H and O–H groups in total. The molecule has 0 atom stereocenters. The first-order valence-electron chi connectivity index (χ1n) is 8.81. The van der Waals surface area contributed by atoms with E-state index in [1.807, 2.05) is 41.9 Å². The first-order valence-corrected chi connectivity index (χ1v) is 8.81. The van der Waals surface area contributed by atoms with Crippen molar-refractivity contribution in [2.45, 2.75) is 25.7 Å². The minimum absolute atomic E-state index is 0.263. The summed E-state index contributed by atoms with van der Waals surface area (Å²) in [6.45, 7) is 3.40. The largest absolute Gasteiger partial charge is 0.459 e. The van der Waals surface area contributed by atoms with E-state index in [9.17, 15) is 4.79 Å². The number of hydrogen-bond acceptors (Lipinski definition) is 4. The van der Waals surface area contributed by atoms with Crippen molar-refractivity contribution in [2.75, 3.05) is 18.5 Å². The molecule has 0 saturated carbocycles. The van der Waals surface area contributed by atoms with Gasteiger partial charge in [-0.25, -0.2) is 4.68 Å². The molecular formula is C20H21N3O3. The van der Waals surface area contributed by atoms with Crippen LogP contribution in [0.25, 0.3) is 5.69 Å². The lowest BCUT2D eigenvalue weighted by molar-refractivity contribution is 0.0845. The van der Waals surface area contributed by atoms with Crippen molar-refractivity contribution < 1.29 is 13.9 Å². The molecule has 6 nitrogen and oxygen atoms in total. The van der Waals surface area contributed by atoms with Gasteiger partial charge in [0.1, 0.15) is 0 Å². The molecule has 3 heterocycles. The number of rotatable bonds is 4. The summed E-state index contributed by atoms with van der Waals surface area (Å²) in [7, 11) is 0. The number of para-hydroxylation sites is 1. The van der Waals surface area contributed by atoms with Crippen LogP contribution < -0.4 is 5.32 Å². The minimum atomic E-state index is -0.265. The molecule has 1 aliphatic heterocycles. The number of amides is 1. The third kappa shape index (κ3) is 3.15. The molecule has 0 unspecified atom stereocenters. The minimum Gasteiger partial charge on any atom is -0.459 e. The molecule has 0 radical (unpaired) electrons. The van der Waals surface area contributed by atoms with E-state index < -0.39 is 0 Å². The molecule has 4 rings (SSSR count). The smallest absolute Gasteiger partial charge is 0.291 e. The maximum Gasteiger partial charge on any atom is 0.291 e. The maximum absolute atomic E-state index is 12.5. The number of ether oxygens (including phenoxy) is 1. The molecule has 6 heteroatoms. The predicted octanol–water partition coefficient (Wildman–Crippen LogP) is 3.92. The lowest BCUT2D eigenvalue weighted by Gasteiger charge is -2.21. The Morgan fingerprint density at radius 3 is 2.62 bits per heavy atom. The number of benzene rings is 1. The summed E-state index contributed by atoms with van der Waals surface area (Å²) in [4.78, 5) is 12.5. The number of carbonyl (C=O) groups is 1. The molecular weight excluding hydrogens is 330 g/mol. The fourth-order valence-electron chi connectivity index (χ4n) is 3.34. The summed E-state index contributed by atoms with van der Waals surface area (Å²) in [6.07, 6.45) is 3.29. The van der Waals surface area contributed by atoms with Gasteiger partial charge in [0.15, 0.2) is 5.76 Å². The van der Waals surface area contributed by atoms with Gasteiger partial charge >= 0.3 is 0 Å². The molecule has 1 fully saturated rings. The summed E-state index contributed by atoms with van der Waals surface area (Å²) in [5, 5.41) is 7.87. The Morgan fingerprint density at radius 1 is 1.15 bits per heavy atom. The first-order chi connectivity index (χ1) is 12.7. The van der Waals surface area contributed by atoms with Crippen LogP contribution in [0.15, 0.2) is 53.1 Å². The van der Waals surface area contributed by atoms with Crippen LogP contribution in [-0.4, -0.2) is 28.9 Å². The number of hydrogen-bond donors (Lipinski definition) is 1. The molecule has 1 aliphatic rings. The van der Waals surface area contributed by atoms with Gasteiger partial charge < -0.3 is 14.5 Å². The average Bonchev–Trinajstić information content (AvgIpc) is 3.33. The van der Waals surface area contributed by atoms with Crippen LogP contribution >= 0.6 is 0 Å². The highest BCUT2D eigenvalue weighted by Crippen LogP contribution is 2.34. The Morgan fingerprint density at radius 2 is 1.92 bits per heavy atom. The zero-order chi connectivity index (χ0) is 17.9. The molecule has 2 aromatic heterocycles. The van der Waals surface area contributed by atoms with Gasteiger partial charge in [0, 0.05) is 19.1 Å². The summed E-state index contributed by atoms with van der Waals surface area (Å²) < 4.78 is 12.6. The van der Waals surface area contributed by atoms with Gasteiger partial charge in [-0.3, -0.25) is 4.79 Å². The number of furan rings is 1. The summed E-state index contributed by atoms with van der Waals surface area (Å²) >= 11 is 0. The Hall–Kier alpha value is -2.86. The molecule has 0 bridgehead atoms. The third-order valence-corrected chi connectivity index (χ3v) is 4.74. The first kappa shape index (κ1) is 16.6. The van der Waals surface area contributed by atoms with Crippen molar-refractivity contribution in [1.29, 1.82) is 0 Å². The van der Waals surface area contributed by atoms with E-state index in [2.05, 4.69) is 5.32 Å². The molecule has 134 valence electrons. The van der Waals surface area contributed by atoms with Crippen molar-refractivity contribution in [3.63, 3.8) is 0 Å². The fourth-order valence-corrected chi connectivity index (χ4v) is 3.34. The summed E-state index contributed by atoms with van der Waals surface area (Å²) in [5.74, 6) is 0.285. The Kier molecular flexibility index (Phi) is 4.58. The van der Waals surface area contributed by atoms with E-state index in [0.717, 1.165) is 35.6 Å². The van der Waals surface area contributed by atoms with Gasteiger partial charge in [0.05, 0.1) is 29.0 Å². The second-order valence-corrected chi connectivity index (χ2v) is 6.41.